The summed E-state index contributed by atoms with van der Waals surface area (Å²) in [6, 6.07) is 13.7. The largest absolute Gasteiger partial charge is 0.478 e. The van der Waals surface area contributed by atoms with E-state index in [1.807, 2.05) is 19.1 Å². The molecule has 0 atom stereocenters. The molecule has 0 aliphatic heterocycles. The highest BCUT2D eigenvalue weighted by molar-refractivity contribution is 5.89. The van der Waals surface area contributed by atoms with Crippen LogP contribution in [-0.2, 0) is 17.6 Å². The molecule has 0 bridgehead atoms. The van der Waals surface area contributed by atoms with Gasteiger partial charge in [0.25, 0.3) is 0 Å². The first-order valence-corrected chi connectivity index (χ1v) is 10.6. The topological polar surface area (TPSA) is 72.2 Å². The zero-order chi connectivity index (χ0) is 23.5. The minimum Gasteiger partial charge on any atom is -0.478 e. The number of rotatable bonds is 8. The van der Waals surface area contributed by atoms with Gasteiger partial charge in [0, 0.05) is 18.2 Å². The molecule has 0 fully saturated rings. The maximum absolute atomic E-state index is 13.3. The summed E-state index contributed by atoms with van der Waals surface area (Å²) in [7, 11) is 0. The van der Waals surface area contributed by atoms with Crippen LogP contribution in [0.15, 0.2) is 60.8 Å². The summed E-state index contributed by atoms with van der Waals surface area (Å²) in [6.45, 7) is 1.98. The van der Waals surface area contributed by atoms with Gasteiger partial charge in [-0.05, 0) is 85.0 Å². The van der Waals surface area contributed by atoms with E-state index in [-0.39, 0.29) is 30.0 Å². The van der Waals surface area contributed by atoms with E-state index in [1.54, 1.807) is 23.0 Å². The van der Waals surface area contributed by atoms with Gasteiger partial charge in [0.15, 0.2) is 0 Å². The summed E-state index contributed by atoms with van der Waals surface area (Å²) >= 11 is 0. The van der Waals surface area contributed by atoms with Gasteiger partial charge >= 0.3 is 5.97 Å². The lowest BCUT2D eigenvalue weighted by Crippen LogP contribution is -2.07. The lowest BCUT2D eigenvalue weighted by Gasteiger charge is -2.09. The smallest absolute Gasteiger partial charge is 0.336 e. The molecule has 168 valence electrons. The van der Waals surface area contributed by atoms with Gasteiger partial charge in [-0.2, -0.15) is 5.10 Å². The quantitative estimate of drug-likeness (QED) is 0.389. The summed E-state index contributed by atoms with van der Waals surface area (Å²) in [5, 5.41) is 14.6. The Balaban J connectivity index is 1.46. The van der Waals surface area contributed by atoms with Crippen LogP contribution in [0.2, 0.25) is 0 Å². The Hall–Kier alpha value is -3.87. The van der Waals surface area contributed by atoms with Crippen LogP contribution in [0.4, 0.5) is 8.78 Å². The molecular formula is C26H22F2N2O3. The molecule has 5 nitrogen and oxygen atoms in total. The van der Waals surface area contributed by atoms with Crippen molar-refractivity contribution in [2.24, 2.45) is 0 Å². The number of fused-ring (bicyclic) bond motifs is 1. The molecule has 0 aliphatic rings. The fraction of sp³-hybridized carbons (Fsp3) is 0.192. The first kappa shape index (κ1) is 22.3. The number of aryl methyl sites for hydroxylation is 3. The fourth-order valence-electron chi connectivity index (χ4n) is 3.93. The van der Waals surface area contributed by atoms with E-state index in [2.05, 4.69) is 5.10 Å². The maximum Gasteiger partial charge on any atom is 0.336 e. The van der Waals surface area contributed by atoms with E-state index >= 15 is 0 Å². The molecule has 0 spiro atoms. The Kier molecular flexibility index (Phi) is 6.31. The van der Waals surface area contributed by atoms with Crippen molar-refractivity contribution in [1.82, 2.24) is 9.78 Å². The highest BCUT2D eigenvalue weighted by Crippen LogP contribution is 2.24. The van der Waals surface area contributed by atoms with Crippen molar-refractivity contribution in [1.29, 1.82) is 0 Å². The maximum atomic E-state index is 13.3. The number of carboxylic acids is 1. The molecule has 1 N–H and O–H groups in total. The second kappa shape index (κ2) is 9.32. The number of hydrogen-bond acceptors (Lipinski definition) is 3. The number of carboxylic acid groups (broad SMARTS) is 1. The number of aromatic nitrogens is 2. The summed E-state index contributed by atoms with van der Waals surface area (Å²) < 4.78 is 28.4. The van der Waals surface area contributed by atoms with Gasteiger partial charge in [-0.1, -0.05) is 6.07 Å². The Morgan fingerprint density at radius 3 is 2.27 bits per heavy atom. The molecule has 0 saturated carbocycles. The molecule has 0 aliphatic carbocycles. The van der Waals surface area contributed by atoms with Crippen LogP contribution >= 0.6 is 0 Å². The van der Waals surface area contributed by atoms with Gasteiger partial charge in [-0.25, -0.2) is 18.3 Å². The van der Waals surface area contributed by atoms with Crippen LogP contribution in [0.1, 0.15) is 39.9 Å². The van der Waals surface area contributed by atoms with Gasteiger partial charge in [0.2, 0.25) is 0 Å². The highest BCUT2D eigenvalue weighted by atomic mass is 19.1. The van der Waals surface area contributed by atoms with Gasteiger partial charge in [0.1, 0.15) is 17.4 Å². The Labute approximate surface area is 189 Å². The van der Waals surface area contributed by atoms with E-state index in [9.17, 15) is 23.5 Å². The molecule has 33 heavy (non-hydrogen) atoms. The number of nitrogens with zero attached hydrogens (tertiary/aromatic N) is 2. The fourth-order valence-corrected chi connectivity index (χ4v) is 3.93. The molecule has 0 unspecified atom stereocenters. The number of carbonyl (C=O) groups is 2. The molecule has 1 aromatic heterocycles. The Bertz CT molecular complexity index is 1340. The Morgan fingerprint density at radius 2 is 1.58 bits per heavy atom. The SMILES string of the molecule is Cc1cc2cnn(-c3ccc(F)cc3)c2cc1CCC(=O)CCc1ccc(F)cc1C(=O)O. The third-order valence-corrected chi connectivity index (χ3v) is 5.75. The van der Waals surface area contributed by atoms with E-state index in [1.165, 1.54) is 24.3 Å². The van der Waals surface area contributed by atoms with Crippen molar-refractivity contribution in [2.75, 3.05) is 0 Å². The van der Waals surface area contributed by atoms with Crippen LogP contribution in [0.25, 0.3) is 16.6 Å². The van der Waals surface area contributed by atoms with Gasteiger partial charge in [-0.3, -0.25) is 4.79 Å². The molecule has 3 aromatic carbocycles. The van der Waals surface area contributed by atoms with Crippen molar-refractivity contribution < 1.29 is 23.5 Å². The third kappa shape index (κ3) is 4.98. The second-order valence-corrected chi connectivity index (χ2v) is 8.02. The standard InChI is InChI=1S/C26H22F2N2O3/c1-16-12-19-15-29-30(22-8-6-20(27)7-9-22)25(19)13-18(16)4-11-23(31)10-3-17-2-5-21(28)14-24(17)26(32)33/h2,5-9,12-15H,3-4,10-11H2,1H3,(H,32,33). The first-order valence-electron chi connectivity index (χ1n) is 10.6. The normalized spacial score (nSPS) is 11.1. The molecule has 0 saturated heterocycles. The summed E-state index contributed by atoms with van der Waals surface area (Å²) in [5.74, 6) is -2.14. The Morgan fingerprint density at radius 1 is 0.909 bits per heavy atom. The monoisotopic (exact) mass is 448 g/mol. The number of carbonyl (C=O) groups excluding carboxylic acids is 1. The van der Waals surface area contributed by atoms with E-state index in [4.69, 9.17) is 0 Å². The van der Waals surface area contributed by atoms with Gasteiger partial charge < -0.3 is 5.11 Å². The second-order valence-electron chi connectivity index (χ2n) is 8.02. The predicted octanol–water partition coefficient (Wildman–Crippen LogP) is 5.44. The van der Waals surface area contributed by atoms with Crippen LogP contribution in [-0.4, -0.2) is 26.6 Å². The molecule has 0 radical (unpaired) electrons. The zero-order valence-electron chi connectivity index (χ0n) is 18.0. The van der Waals surface area contributed by atoms with E-state index < -0.39 is 11.8 Å². The van der Waals surface area contributed by atoms with Crippen molar-refractivity contribution in [2.45, 2.75) is 32.6 Å². The molecule has 1 heterocycles. The van der Waals surface area contributed by atoms with Crippen molar-refractivity contribution >= 4 is 22.7 Å². The first-order chi connectivity index (χ1) is 15.8. The van der Waals surface area contributed by atoms with E-state index in [0.717, 1.165) is 33.8 Å². The molecular weight excluding hydrogens is 426 g/mol. The van der Waals surface area contributed by atoms with Gasteiger partial charge in [0.05, 0.1) is 23.0 Å². The average Bonchev–Trinajstić information content (AvgIpc) is 3.19. The van der Waals surface area contributed by atoms with Crippen molar-refractivity contribution in [3.8, 4) is 5.69 Å². The molecule has 4 aromatic rings. The van der Waals surface area contributed by atoms with Gasteiger partial charge in [-0.15, -0.1) is 0 Å². The summed E-state index contributed by atoms with van der Waals surface area (Å²) in [4.78, 5) is 23.8. The number of hydrogen-bond donors (Lipinski definition) is 1. The highest BCUT2D eigenvalue weighted by Gasteiger charge is 2.14. The third-order valence-electron chi connectivity index (χ3n) is 5.75. The summed E-state index contributed by atoms with van der Waals surface area (Å²) in [5.41, 5.74) is 3.99. The molecule has 0 amide bonds. The lowest BCUT2D eigenvalue weighted by atomic mass is 9.97. The van der Waals surface area contributed by atoms with Crippen LogP contribution < -0.4 is 0 Å². The van der Waals surface area contributed by atoms with E-state index in [0.29, 0.717) is 18.4 Å². The van der Waals surface area contributed by atoms with Crippen LogP contribution in [0, 0.1) is 18.6 Å². The zero-order valence-corrected chi connectivity index (χ0v) is 18.0. The van der Waals surface area contributed by atoms with Crippen LogP contribution in [0.3, 0.4) is 0 Å². The molecule has 4 rings (SSSR count). The minimum absolute atomic E-state index is 0.00204. The summed E-state index contributed by atoms with van der Waals surface area (Å²) in [6.07, 6.45) is 3.02. The van der Waals surface area contributed by atoms with Crippen LogP contribution in [0.5, 0.6) is 0 Å². The van der Waals surface area contributed by atoms with Crippen molar-refractivity contribution in [3.05, 3.63) is 94.7 Å². The number of ketones is 1. The number of benzene rings is 3. The minimum atomic E-state index is -1.21. The van der Waals surface area contributed by atoms with Crippen molar-refractivity contribution in [3.63, 3.8) is 0 Å². The number of Topliss-reactive ketones (excluding diaryl/α,β-unsaturated/α-hetero) is 1. The lowest BCUT2D eigenvalue weighted by molar-refractivity contribution is -0.119. The number of halogens is 2. The molecule has 7 heteroatoms. The predicted molar refractivity (Wildman–Crippen MR) is 121 cm³/mol. The number of aromatic carboxylic acids is 1. The average molecular weight is 448 g/mol.